The Morgan fingerprint density at radius 2 is 1.30 bits per heavy atom. The summed E-state index contributed by atoms with van der Waals surface area (Å²) in [6.45, 7) is 2.28. The summed E-state index contributed by atoms with van der Waals surface area (Å²) < 4.78 is 0. The molecule has 0 unspecified atom stereocenters. The van der Waals surface area contributed by atoms with E-state index < -0.39 is 0 Å². The third-order valence-electron chi connectivity index (χ3n) is 4.89. The lowest BCUT2D eigenvalue weighted by molar-refractivity contribution is 0.627. The molecule has 2 aromatic rings. The summed E-state index contributed by atoms with van der Waals surface area (Å²) in [5.74, 6) is 3.13. The van der Waals surface area contributed by atoms with Crippen LogP contribution in [0.3, 0.4) is 0 Å². The van der Waals surface area contributed by atoms with E-state index in [1.807, 2.05) is 0 Å². The van der Waals surface area contributed by atoms with Crippen LogP contribution in [0.1, 0.15) is 62.5 Å². The van der Waals surface area contributed by atoms with Gasteiger partial charge in [-0.15, -0.1) is 0 Å². The van der Waals surface area contributed by atoms with Gasteiger partial charge in [0.25, 0.3) is 0 Å². The summed E-state index contributed by atoms with van der Waals surface area (Å²) in [4.78, 5) is 0. The van der Waals surface area contributed by atoms with Gasteiger partial charge in [0.1, 0.15) is 0 Å². The summed E-state index contributed by atoms with van der Waals surface area (Å²) in [5.41, 5.74) is 5.97. The highest BCUT2D eigenvalue weighted by Crippen LogP contribution is 2.45. The number of thioether (sulfide) groups is 1. The Kier molecular flexibility index (Phi) is 6.21. The van der Waals surface area contributed by atoms with Gasteiger partial charge in [-0.1, -0.05) is 87.6 Å². The van der Waals surface area contributed by atoms with Gasteiger partial charge in [0.15, 0.2) is 0 Å². The molecule has 0 atom stereocenters. The predicted molar refractivity (Wildman–Crippen MR) is 104 cm³/mol. The van der Waals surface area contributed by atoms with E-state index in [2.05, 4.69) is 67.2 Å². The van der Waals surface area contributed by atoms with E-state index in [0.29, 0.717) is 5.92 Å². The van der Waals surface area contributed by atoms with E-state index >= 15 is 0 Å². The third kappa shape index (κ3) is 4.01. The zero-order valence-electron chi connectivity index (χ0n) is 14.3. The molecule has 1 aliphatic carbocycles. The summed E-state index contributed by atoms with van der Waals surface area (Å²) in [6, 6.07) is 17.9. The number of rotatable bonds is 9. The fourth-order valence-electron chi connectivity index (χ4n) is 3.63. The van der Waals surface area contributed by atoms with Crippen molar-refractivity contribution in [2.24, 2.45) is 0 Å². The van der Waals surface area contributed by atoms with Crippen molar-refractivity contribution in [2.45, 2.75) is 51.4 Å². The average molecular weight is 325 g/mol. The molecule has 0 amide bonds. The van der Waals surface area contributed by atoms with E-state index in [0.717, 1.165) is 0 Å². The Bertz CT molecular complexity index is 571. The summed E-state index contributed by atoms with van der Waals surface area (Å²) in [7, 11) is 0. The number of fused-ring (bicyclic) bond motifs is 3. The van der Waals surface area contributed by atoms with E-state index in [9.17, 15) is 0 Å². The highest BCUT2D eigenvalue weighted by atomic mass is 32.2. The molecule has 23 heavy (non-hydrogen) atoms. The van der Waals surface area contributed by atoms with Crippen LogP contribution in [0.4, 0.5) is 0 Å². The van der Waals surface area contributed by atoms with E-state index in [-0.39, 0.29) is 0 Å². The Hall–Kier alpha value is -1.21. The quantitative estimate of drug-likeness (QED) is 0.452. The van der Waals surface area contributed by atoms with Crippen molar-refractivity contribution >= 4 is 11.8 Å². The Morgan fingerprint density at radius 3 is 1.96 bits per heavy atom. The van der Waals surface area contributed by atoms with Crippen LogP contribution in [0.25, 0.3) is 11.1 Å². The average Bonchev–Trinajstić information content (AvgIpc) is 2.92. The smallest absolute Gasteiger partial charge is 0.0192 e. The normalized spacial score (nSPS) is 13.1. The highest BCUT2D eigenvalue weighted by molar-refractivity contribution is 7.99. The van der Waals surface area contributed by atoms with Crippen molar-refractivity contribution in [2.75, 3.05) is 11.5 Å². The maximum atomic E-state index is 2.32. The zero-order valence-corrected chi connectivity index (χ0v) is 15.1. The standard InChI is InChI=1S/C22H28S/c1-2-3-4-5-6-11-16-23-17-22-20-14-9-7-12-18(20)19-13-8-10-15-21(19)22/h7-10,12-15,22H,2-6,11,16-17H2,1H3. The molecular formula is C22H28S. The minimum atomic E-state index is 0.590. The number of unbranched alkanes of at least 4 members (excludes halogenated alkanes) is 5. The Morgan fingerprint density at radius 1 is 0.739 bits per heavy atom. The molecule has 1 aliphatic rings. The molecule has 0 N–H and O–H groups in total. The van der Waals surface area contributed by atoms with Crippen LogP contribution in [0, 0.1) is 0 Å². The lowest BCUT2D eigenvalue weighted by Gasteiger charge is -2.13. The zero-order chi connectivity index (χ0) is 15.9. The SMILES string of the molecule is CCCCCCCCSCC1c2ccccc2-c2ccccc21. The minimum Gasteiger partial charge on any atom is -0.161 e. The summed E-state index contributed by atoms with van der Waals surface area (Å²) >= 11 is 2.14. The Balaban J connectivity index is 1.52. The van der Waals surface area contributed by atoms with Gasteiger partial charge in [0.05, 0.1) is 0 Å². The van der Waals surface area contributed by atoms with Gasteiger partial charge in [-0.2, -0.15) is 11.8 Å². The second-order valence-corrected chi connectivity index (χ2v) is 7.72. The second kappa shape index (κ2) is 8.59. The van der Waals surface area contributed by atoms with Crippen LogP contribution in [0.5, 0.6) is 0 Å². The first kappa shape index (κ1) is 16.6. The van der Waals surface area contributed by atoms with Crippen molar-refractivity contribution in [1.29, 1.82) is 0 Å². The van der Waals surface area contributed by atoms with Gasteiger partial charge < -0.3 is 0 Å². The van der Waals surface area contributed by atoms with E-state index in [1.54, 1.807) is 0 Å². The van der Waals surface area contributed by atoms with Crippen LogP contribution in [-0.2, 0) is 0 Å². The monoisotopic (exact) mass is 324 g/mol. The van der Waals surface area contributed by atoms with Gasteiger partial charge >= 0.3 is 0 Å². The molecule has 0 spiro atoms. The molecule has 0 radical (unpaired) electrons. The van der Waals surface area contributed by atoms with Crippen molar-refractivity contribution in [3.05, 3.63) is 59.7 Å². The van der Waals surface area contributed by atoms with E-state index in [1.165, 1.54) is 72.3 Å². The van der Waals surface area contributed by atoms with Crippen LogP contribution in [0.15, 0.2) is 48.5 Å². The predicted octanol–water partition coefficient (Wildman–Crippen LogP) is 6.89. The van der Waals surface area contributed by atoms with Crippen LogP contribution >= 0.6 is 11.8 Å². The molecule has 0 bridgehead atoms. The molecule has 2 aromatic carbocycles. The van der Waals surface area contributed by atoms with Crippen LogP contribution in [-0.4, -0.2) is 11.5 Å². The molecule has 3 rings (SSSR count). The first-order valence-corrected chi connectivity index (χ1v) is 10.3. The minimum absolute atomic E-state index is 0.590. The van der Waals surface area contributed by atoms with Crippen LogP contribution in [0.2, 0.25) is 0 Å². The summed E-state index contributed by atoms with van der Waals surface area (Å²) in [5, 5.41) is 0. The van der Waals surface area contributed by atoms with Gasteiger partial charge in [-0.05, 0) is 34.4 Å². The van der Waals surface area contributed by atoms with Crippen molar-refractivity contribution in [3.8, 4) is 11.1 Å². The molecule has 0 saturated carbocycles. The van der Waals surface area contributed by atoms with Gasteiger partial charge in [-0.3, -0.25) is 0 Å². The van der Waals surface area contributed by atoms with E-state index in [4.69, 9.17) is 0 Å². The maximum Gasteiger partial charge on any atom is 0.0192 e. The van der Waals surface area contributed by atoms with Gasteiger partial charge in [-0.25, -0.2) is 0 Å². The number of hydrogen-bond donors (Lipinski definition) is 0. The van der Waals surface area contributed by atoms with Gasteiger partial charge in [0, 0.05) is 11.7 Å². The highest BCUT2D eigenvalue weighted by Gasteiger charge is 2.27. The third-order valence-corrected chi connectivity index (χ3v) is 6.04. The fraction of sp³-hybridized carbons (Fsp3) is 0.455. The second-order valence-electron chi connectivity index (χ2n) is 6.57. The maximum absolute atomic E-state index is 2.32. The summed E-state index contributed by atoms with van der Waals surface area (Å²) in [6.07, 6.45) is 8.38. The lowest BCUT2D eigenvalue weighted by atomic mass is 9.99. The van der Waals surface area contributed by atoms with Crippen LogP contribution < -0.4 is 0 Å². The van der Waals surface area contributed by atoms with Crippen molar-refractivity contribution < 1.29 is 0 Å². The lowest BCUT2D eigenvalue weighted by Crippen LogP contribution is -2.00. The number of benzene rings is 2. The first-order valence-electron chi connectivity index (χ1n) is 9.17. The largest absolute Gasteiger partial charge is 0.161 e. The molecule has 0 fully saturated rings. The topological polar surface area (TPSA) is 0 Å². The molecule has 1 heteroatoms. The number of hydrogen-bond acceptors (Lipinski definition) is 1. The van der Waals surface area contributed by atoms with Crippen molar-refractivity contribution in [1.82, 2.24) is 0 Å². The van der Waals surface area contributed by atoms with Gasteiger partial charge in [0.2, 0.25) is 0 Å². The molecule has 122 valence electrons. The molecule has 0 saturated heterocycles. The fourth-order valence-corrected chi connectivity index (χ4v) is 4.79. The van der Waals surface area contributed by atoms with Crippen molar-refractivity contribution in [3.63, 3.8) is 0 Å². The molecule has 0 aliphatic heterocycles. The first-order chi connectivity index (χ1) is 11.4. The molecule has 0 aromatic heterocycles. The Labute approximate surface area is 145 Å². The molecular weight excluding hydrogens is 296 g/mol. The molecule has 0 nitrogen and oxygen atoms in total. The molecule has 0 heterocycles.